The van der Waals surface area contributed by atoms with Crippen LogP contribution in [-0.2, 0) is 16.0 Å². The van der Waals surface area contributed by atoms with E-state index in [0.29, 0.717) is 12.4 Å². The third-order valence-corrected chi connectivity index (χ3v) is 4.34. The van der Waals surface area contributed by atoms with Gasteiger partial charge >= 0.3 is 5.97 Å². The first-order valence-electron chi connectivity index (χ1n) is 9.16. The Hall–Kier alpha value is -2.56. The summed E-state index contributed by atoms with van der Waals surface area (Å²) in [6.07, 6.45) is 4.60. The van der Waals surface area contributed by atoms with Crippen LogP contribution in [0.5, 0.6) is 5.75 Å². The Labute approximate surface area is 154 Å². The maximum atomic E-state index is 11.6. The molecule has 2 rings (SSSR count). The largest absolute Gasteiger partial charge is 0.493 e. The molecule has 0 saturated heterocycles. The molecule has 0 saturated carbocycles. The second-order valence-corrected chi connectivity index (χ2v) is 6.47. The molecule has 0 aliphatic rings. The smallest absolute Gasteiger partial charge is 0.326 e. The minimum atomic E-state index is -1.05. The van der Waals surface area contributed by atoms with Gasteiger partial charge in [-0.2, -0.15) is 0 Å². The van der Waals surface area contributed by atoms with Crippen LogP contribution in [0.3, 0.4) is 0 Å². The highest BCUT2D eigenvalue weighted by molar-refractivity contribution is 5.89. The van der Waals surface area contributed by atoms with Gasteiger partial charge in [-0.1, -0.05) is 56.5 Å². The Kier molecular flexibility index (Phi) is 7.45. The number of carboxylic acids is 1. The molecule has 0 aliphatic heterocycles. The van der Waals surface area contributed by atoms with Crippen LogP contribution in [-0.4, -0.2) is 29.6 Å². The van der Waals surface area contributed by atoms with Gasteiger partial charge in [0.25, 0.3) is 0 Å². The Morgan fingerprint density at radius 3 is 2.58 bits per heavy atom. The lowest BCUT2D eigenvalue weighted by molar-refractivity contribution is -0.141. The number of rotatable bonds is 10. The fraction of sp³-hybridized carbons (Fsp3) is 0.429. The SMILES string of the molecule is CCCCCCOc1ccc2ccccc2c1CC(NC(C)=O)C(=O)O. The van der Waals surface area contributed by atoms with Crippen molar-refractivity contribution < 1.29 is 19.4 Å². The lowest BCUT2D eigenvalue weighted by atomic mass is 9.97. The van der Waals surface area contributed by atoms with E-state index in [1.54, 1.807) is 0 Å². The van der Waals surface area contributed by atoms with Crippen molar-refractivity contribution in [2.24, 2.45) is 0 Å². The fourth-order valence-corrected chi connectivity index (χ4v) is 3.02. The normalized spacial score (nSPS) is 11.9. The number of unbranched alkanes of at least 4 members (excludes halogenated alkanes) is 3. The number of carbonyl (C=O) groups excluding carboxylic acids is 1. The van der Waals surface area contributed by atoms with Gasteiger partial charge in [0.15, 0.2) is 0 Å². The quantitative estimate of drug-likeness (QED) is 0.632. The van der Waals surface area contributed by atoms with Gasteiger partial charge in [0.05, 0.1) is 6.61 Å². The molecule has 0 aromatic heterocycles. The molecule has 5 nitrogen and oxygen atoms in total. The van der Waals surface area contributed by atoms with Crippen molar-refractivity contribution in [3.05, 3.63) is 42.0 Å². The van der Waals surface area contributed by atoms with Gasteiger partial charge in [0, 0.05) is 18.9 Å². The number of amides is 1. The standard InChI is InChI=1S/C21H27NO4/c1-3-4-5-8-13-26-20-12-11-16-9-6-7-10-17(16)18(20)14-19(21(24)25)22-15(2)23/h6-7,9-12,19H,3-5,8,13-14H2,1-2H3,(H,22,23)(H,24,25). The summed E-state index contributed by atoms with van der Waals surface area (Å²) >= 11 is 0. The number of carbonyl (C=O) groups is 2. The van der Waals surface area contributed by atoms with E-state index in [1.165, 1.54) is 13.3 Å². The number of fused-ring (bicyclic) bond motifs is 1. The Morgan fingerprint density at radius 1 is 1.12 bits per heavy atom. The predicted molar refractivity (Wildman–Crippen MR) is 103 cm³/mol. The fourth-order valence-electron chi connectivity index (χ4n) is 3.02. The maximum absolute atomic E-state index is 11.6. The highest BCUT2D eigenvalue weighted by atomic mass is 16.5. The molecule has 0 bridgehead atoms. The highest BCUT2D eigenvalue weighted by Gasteiger charge is 2.22. The van der Waals surface area contributed by atoms with Crippen molar-refractivity contribution in [2.45, 2.75) is 52.0 Å². The molecule has 1 unspecified atom stereocenters. The van der Waals surface area contributed by atoms with Crippen molar-refractivity contribution >= 4 is 22.6 Å². The maximum Gasteiger partial charge on any atom is 0.326 e. The Balaban J connectivity index is 2.28. The summed E-state index contributed by atoms with van der Waals surface area (Å²) in [5.41, 5.74) is 0.819. The molecule has 0 heterocycles. The van der Waals surface area contributed by atoms with E-state index >= 15 is 0 Å². The molecule has 2 N–H and O–H groups in total. The van der Waals surface area contributed by atoms with Crippen LogP contribution in [0, 0.1) is 0 Å². The molecule has 26 heavy (non-hydrogen) atoms. The number of hydrogen-bond donors (Lipinski definition) is 2. The van der Waals surface area contributed by atoms with Gasteiger partial charge in [-0.15, -0.1) is 0 Å². The third kappa shape index (κ3) is 5.48. The van der Waals surface area contributed by atoms with Crippen LogP contribution in [0.4, 0.5) is 0 Å². The Bertz CT molecular complexity index is 757. The van der Waals surface area contributed by atoms with Crippen molar-refractivity contribution in [3.63, 3.8) is 0 Å². The third-order valence-electron chi connectivity index (χ3n) is 4.34. The lowest BCUT2D eigenvalue weighted by Crippen LogP contribution is -2.41. The van der Waals surface area contributed by atoms with E-state index in [0.717, 1.165) is 35.6 Å². The zero-order valence-corrected chi connectivity index (χ0v) is 15.5. The number of carboxylic acid groups (broad SMARTS) is 1. The average molecular weight is 357 g/mol. The monoisotopic (exact) mass is 357 g/mol. The molecule has 1 atom stereocenters. The molecule has 0 aliphatic carbocycles. The first-order valence-corrected chi connectivity index (χ1v) is 9.16. The van der Waals surface area contributed by atoms with Crippen molar-refractivity contribution in [1.82, 2.24) is 5.32 Å². The van der Waals surface area contributed by atoms with Gasteiger partial charge in [0.2, 0.25) is 5.91 Å². The summed E-state index contributed by atoms with van der Waals surface area (Å²) in [5, 5.41) is 13.9. The van der Waals surface area contributed by atoms with E-state index in [4.69, 9.17) is 4.74 Å². The second kappa shape index (κ2) is 9.80. The average Bonchev–Trinajstić information content (AvgIpc) is 2.61. The van der Waals surface area contributed by atoms with Gasteiger partial charge in [-0.05, 0) is 23.3 Å². The molecule has 0 spiro atoms. The van der Waals surface area contributed by atoms with E-state index in [2.05, 4.69) is 12.2 Å². The van der Waals surface area contributed by atoms with Crippen molar-refractivity contribution in [2.75, 3.05) is 6.61 Å². The van der Waals surface area contributed by atoms with Crippen molar-refractivity contribution in [3.8, 4) is 5.75 Å². The van der Waals surface area contributed by atoms with Crippen LogP contribution in [0.25, 0.3) is 10.8 Å². The number of ether oxygens (including phenoxy) is 1. The molecule has 1 amide bonds. The minimum absolute atomic E-state index is 0.181. The minimum Gasteiger partial charge on any atom is -0.493 e. The first-order chi connectivity index (χ1) is 12.5. The molecular weight excluding hydrogens is 330 g/mol. The van der Waals surface area contributed by atoms with Gasteiger partial charge in [-0.25, -0.2) is 4.79 Å². The zero-order chi connectivity index (χ0) is 18.9. The molecule has 0 radical (unpaired) electrons. The van der Waals surface area contributed by atoms with Crippen LogP contribution in [0.15, 0.2) is 36.4 Å². The van der Waals surface area contributed by atoms with E-state index < -0.39 is 12.0 Å². The summed E-state index contributed by atoms with van der Waals surface area (Å²) in [5.74, 6) is -0.724. The Morgan fingerprint density at radius 2 is 1.88 bits per heavy atom. The summed E-state index contributed by atoms with van der Waals surface area (Å²) in [7, 11) is 0. The van der Waals surface area contributed by atoms with Gasteiger partial charge in [0.1, 0.15) is 11.8 Å². The molecule has 0 fully saturated rings. The predicted octanol–water partition coefficient (Wildman–Crippen LogP) is 3.93. The molecule has 2 aromatic rings. The summed E-state index contributed by atoms with van der Waals surface area (Å²) in [6, 6.07) is 10.7. The number of nitrogens with one attached hydrogen (secondary N) is 1. The van der Waals surface area contributed by atoms with Crippen LogP contribution >= 0.6 is 0 Å². The molecule has 2 aromatic carbocycles. The lowest BCUT2D eigenvalue weighted by Gasteiger charge is -2.18. The van der Waals surface area contributed by atoms with E-state index in [-0.39, 0.29) is 12.3 Å². The summed E-state index contributed by atoms with van der Waals surface area (Å²) < 4.78 is 5.97. The van der Waals surface area contributed by atoms with Crippen LogP contribution in [0.1, 0.15) is 45.1 Å². The molecule has 5 heteroatoms. The number of benzene rings is 2. The zero-order valence-electron chi connectivity index (χ0n) is 15.5. The first kappa shape index (κ1) is 19.8. The van der Waals surface area contributed by atoms with E-state index in [1.807, 2.05) is 36.4 Å². The van der Waals surface area contributed by atoms with E-state index in [9.17, 15) is 14.7 Å². The van der Waals surface area contributed by atoms with Gasteiger partial charge in [-0.3, -0.25) is 4.79 Å². The molecular formula is C21H27NO4. The van der Waals surface area contributed by atoms with Gasteiger partial charge < -0.3 is 15.2 Å². The number of aliphatic carboxylic acids is 1. The second-order valence-electron chi connectivity index (χ2n) is 6.47. The van der Waals surface area contributed by atoms with Crippen molar-refractivity contribution in [1.29, 1.82) is 0 Å². The summed E-state index contributed by atoms with van der Waals surface area (Å²) in [4.78, 5) is 22.9. The van der Waals surface area contributed by atoms with Crippen LogP contribution in [0.2, 0.25) is 0 Å². The topological polar surface area (TPSA) is 75.6 Å². The molecule has 140 valence electrons. The summed E-state index contributed by atoms with van der Waals surface area (Å²) in [6.45, 7) is 4.09. The van der Waals surface area contributed by atoms with Crippen LogP contribution < -0.4 is 10.1 Å². The number of hydrogen-bond acceptors (Lipinski definition) is 3. The highest BCUT2D eigenvalue weighted by Crippen LogP contribution is 2.29.